The molecule has 3 aromatic rings. The maximum atomic E-state index is 6.48. The van der Waals surface area contributed by atoms with E-state index in [1.807, 2.05) is 29.8 Å². The van der Waals surface area contributed by atoms with Gasteiger partial charge in [-0.3, -0.25) is 9.67 Å². The zero-order valence-corrected chi connectivity index (χ0v) is 11.7. The fourth-order valence-corrected chi connectivity index (χ4v) is 2.63. The van der Waals surface area contributed by atoms with Gasteiger partial charge in [-0.25, -0.2) is 0 Å². The van der Waals surface area contributed by atoms with Crippen molar-refractivity contribution in [2.75, 3.05) is 0 Å². The molecule has 0 fully saturated rings. The molecule has 4 nitrogen and oxygen atoms in total. The van der Waals surface area contributed by atoms with Crippen LogP contribution in [0.4, 0.5) is 0 Å². The Kier molecular flexibility index (Phi) is 3.24. The van der Waals surface area contributed by atoms with E-state index in [0.29, 0.717) is 0 Å². The monoisotopic (exact) mass is 266 g/mol. The Balaban J connectivity index is 2.15. The van der Waals surface area contributed by atoms with Crippen LogP contribution in [-0.2, 0) is 6.54 Å². The number of nitrogens with zero attached hydrogens (tertiary/aromatic N) is 3. The van der Waals surface area contributed by atoms with Gasteiger partial charge in [0.2, 0.25) is 0 Å². The van der Waals surface area contributed by atoms with Crippen LogP contribution >= 0.6 is 0 Å². The molecule has 1 unspecified atom stereocenters. The molecule has 0 spiro atoms. The minimum Gasteiger partial charge on any atom is -0.319 e. The van der Waals surface area contributed by atoms with Crippen LogP contribution in [0.2, 0.25) is 0 Å². The first kappa shape index (κ1) is 12.8. The van der Waals surface area contributed by atoms with E-state index < -0.39 is 0 Å². The van der Waals surface area contributed by atoms with Crippen molar-refractivity contribution in [1.82, 2.24) is 14.8 Å². The van der Waals surface area contributed by atoms with Gasteiger partial charge in [0.1, 0.15) is 0 Å². The van der Waals surface area contributed by atoms with Crippen LogP contribution in [0.3, 0.4) is 0 Å². The Morgan fingerprint density at radius 2 is 2.10 bits per heavy atom. The molecular weight excluding hydrogens is 248 g/mol. The average molecular weight is 266 g/mol. The van der Waals surface area contributed by atoms with Gasteiger partial charge in [-0.2, -0.15) is 5.10 Å². The zero-order chi connectivity index (χ0) is 14.1. The molecule has 1 aromatic carbocycles. The summed E-state index contributed by atoms with van der Waals surface area (Å²) in [6.07, 6.45) is 1.80. The third-order valence-electron chi connectivity index (χ3n) is 3.57. The molecule has 102 valence electrons. The number of aromatic nitrogens is 3. The number of aryl methyl sites for hydroxylation is 2. The Morgan fingerprint density at radius 3 is 2.90 bits per heavy atom. The van der Waals surface area contributed by atoms with E-state index in [9.17, 15) is 0 Å². The largest absolute Gasteiger partial charge is 0.319 e. The third-order valence-corrected chi connectivity index (χ3v) is 3.57. The van der Waals surface area contributed by atoms with Gasteiger partial charge in [-0.05, 0) is 37.6 Å². The Labute approximate surface area is 118 Å². The smallest absolute Gasteiger partial charge is 0.0729 e. The molecule has 20 heavy (non-hydrogen) atoms. The lowest BCUT2D eigenvalue weighted by Crippen LogP contribution is -2.17. The van der Waals surface area contributed by atoms with Crippen molar-refractivity contribution >= 4 is 10.9 Å². The molecule has 0 saturated carbocycles. The fourth-order valence-electron chi connectivity index (χ4n) is 2.63. The molecule has 4 heteroatoms. The van der Waals surface area contributed by atoms with Crippen LogP contribution in [0, 0.1) is 6.92 Å². The number of nitrogens with two attached hydrogens (primary N) is 1. The number of hydrogen-bond acceptors (Lipinski definition) is 3. The molecule has 0 aliphatic carbocycles. The molecule has 0 amide bonds. The lowest BCUT2D eigenvalue weighted by atomic mass is 9.99. The van der Waals surface area contributed by atoms with Gasteiger partial charge in [0, 0.05) is 18.1 Å². The maximum absolute atomic E-state index is 6.48. The van der Waals surface area contributed by atoms with Crippen LogP contribution < -0.4 is 5.73 Å². The van der Waals surface area contributed by atoms with E-state index in [-0.39, 0.29) is 6.04 Å². The number of benzene rings is 1. The average Bonchev–Trinajstić information content (AvgIpc) is 2.87. The summed E-state index contributed by atoms with van der Waals surface area (Å²) >= 11 is 0. The summed E-state index contributed by atoms with van der Waals surface area (Å²) in [6, 6.07) is 12.0. The van der Waals surface area contributed by atoms with Crippen molar-refractivity contribution in [3.63, 3.8) is 0 Å². The first-order valence-corrected chi connectivity index (χ1v) is 6.84. The van der Waals surface area contributed by atoms with Gasteiger partial charge in [-0.1, -0.05) is 18.2 Å². The normalized spacial score (nSPS) is 12.8. The van der Waals surface area contributed by atoms with E-state index in [1.54, 1.807) is 6.20 Å². The quantitative estimate of drug-likeness (QED) is 0.793. The van der Waals surface area contributed by atoms with E-state index in [1.165, 1.54) is 0 Å². The van der Waals surface area contributed by atoms with E-state index in [2.05, 4.69) is 35.2 Å². The molecular formula is C16H18N4. The van der Waals surface area contributed by atoms with Crippen molar-refractivity contribution < 1.29 is 0 Å². The summed E-state index contributed by atoms with van der Waals surface area (Å²) in [6.45, 7) is 4.89. The first-order valence-electron chi connectivity index (χ1n) is 6.84. The molecule has 0 aliphatic heterocycles. The predicted molar refractivity (Wildman–Crippen MR) is 80.4 cm³/mol. The van der Waals surface area contributed by atoms with Gasteiger partial charge >= 0.3 is 0 Å². The number of pyridine rings is 1. The second kappa shape index (κ2) is 5.06. The third kappa shape index (κ3) is 2.08. The van der Waals surface area contributed by atoms with E-state index >= 15 is 0 Å². The number of fused-ring (bicyclic) bond motifs is 1. The van der Waals surface area contributed by atoms with Gasteiger partial charge in [0.15, 0.2) is 0 Å². The second-order valence-corrected chi connectivity index (χ2v) is 4.92. The van der Waals surface area contributed by atoms with Crippen LogP contribution in [-0.4, -0.2) is 14.8 Å². The highest BCUT2D eigenvalue weighted by atomic mass is 15.3. The minimum atomic E-state index is -0.191. The second-order valence-electron chi connectivity index (χ2n) is 4.92. The fraction of sp³-hybridized carbons (Fsp3) is 0.250. The zero-order valence-electron chi connectivity index (χ0n) is 11.7. The summed E-state index contributed by atoms with van der Waals surface area (Å²) in [5.41, 5.74) is 10.6. The van der Waals surface area contributed by atoms with Crippen LogP contribution in [0.1, 0.15) is 29.9 Å². The summed E-state index contributed by atoms with van der Waals surface area (Å²) in [7, 11) is 0. The Bertz CT molecular complexity index is 740. The van der Waals surface area contributed by atoms with Crippen LogP contribution in [0.5, 0.6) is 0 Å². The van der Waals surface area contributed by atoms with E-state index in [0.717, 1.165) is 34.4 Å². The summed E-state index contributed by atoms with van der Waals surface area (Å²) in [4.78, 5) is 4.39. The van der Waals surface area contributed by atoms with Gasteiger partial charge in [0.25, 0.3) is 0 Å². The molecule has 3 rings (SSSR count). The van der Waals surface area contributed by atoms with Crippen LogP contribution in [0.25, 0.3) is 10.9 Å². The Morgan fingerprint density at radius 1 is 1.25 bits per heavy atom. The SMILES string of the molecule is CCn1nc(C)cc1C(N)c1cccc2ncccc12. The molecule has 1 atom stereocenters. The van der Waals surface area contributed by atoms with Gasteiger partial charge in [0.05, 0.1) is 22.9 Å². The molecule has 0 saturated heterocycles. The molecule has 0 bridgehead atoms. The van der Waals surface area contributed by atoms with Gasteiger partial charge < -0.3 is 5.73 Å². The van der Waals surface area contributed by atoms with Crippen LogP contribution in [0.15, 0.2) is 42.6 Å². The standard InChI is InChI=1S/C16H18N4/c1-3-20-15(10-11(2)19-20)16(17)13-6-4-8-14-12(13)7-5-9-18-14/h4-10,16H,3,17H2,1-2H3. The lowest BCUT2D eigenvalue weighted by Gasteiger charge is -2.15. The topological polar surface area (TPSA) is 56.7 Å². The summed E-state index contributed by atoms with van der Waals surface area (Å²) in [5.74, 6) is 0. The highest BCUT2D eigenvalue weighted by molar-refractivity contribution is 5.82. The first-order chi connectivity index (χ1) is 9.70. The highest BCUT2D eigenvalue weighted by Crippen LogP contribution is 2.26. The van der Waals surface area contributed by atoms with E-state index in [4.69, 9.17) is 5.73 Å². The van der Waals surface area contributed by atoms with Gasteiger partial charge in [-0.15, -0.1) is 0 Å². The van der Waals surface area contributed by atoms with Crippen molar-refractivity contribution in [2.45, 2.75) is 26.4 Å². The van der Waals surface area contributed by atoms with Crippen molar-refractivity contribution in [3.8, 4) is 0 Å². The molecule has 2 heterocycles. The summed E-state index contributed by atoms with van der Waals surface area (Å²) < 4.78 is 1.97. The van der Waals surface area contributed by atoms with Crippen molar-refractivity contribution in [3.05, 3.63) is 59.5 Å². The maximum Gasteiger partial charge on any atom is 0.0729 e. The number of rotatable bonds is 3. The van der Waals surface area contributed by atoms with Crippen molar-refractivity contribution in [2.24, 2.45) is 5.73 Å². The van der Waals surface area contributed by atoms with Crippen molar-refractivity contribution in [1.29, 1.82) is 0 Å². The summed E-state index contributed by atoms with van der Waals surface area (Å²) in [5, 5.41) is 5.58. The molecule has 2 aromatic heterocycles. The predicted octanol–water partition coefficient (Wildman–Crippen LogP) is 2.81. The lowest BCUT2D eigenvalue weighted by molar-refractivity contribution is 0.598. The molecule has 0 aliphatic rings. The molecule has 2 N–H and O–H groups in total. The minimum absolute atomic E-state index is 0.191. The molecule has 0 radical (unpaired) electrons. The number of hydrogen-bond donors (Lipinski definition) is 1. The Hall–Kier alpha value is -2.20. The highest BCUT2D eigenvalue weighted by Gasteiger charge is 2.17.